The third kappa shape index (κ3) is 2.97. The molecule has 2 aromatic carbocycles. The monoisotopic (exact) mass is 325 g/mol. The zero-order chi connectivity index (χ0) is 17.3. The Morgan fingerprint density at radius 3 is 2.58 bits per heavy atom. The average molecular weight is 325 g/mol. The largest absolute Gasteiger partial charge is 0.480 e. The first-order valence-corrected chi connectivity index (χ1v) is 7.80. The number of ether oxygens (including phenoxy) is 1. The Morgan fingerprint density at radius 2 is 1.92 bits per heavy atom. The molecule has 5 heteroatoms. The third-order valence-corrected chi connectivity index (χ3v) is 4.18. The van der Waals surface area contributed by atoms with Gasteiger partial charge in [-0.25, -0.2) is 9.59 Å². The lowest BCUT2D eigenvalue weighted by atomic mass is 10.0. The Hall–Kier alpha value is -2.82. The molecule has 1 aliphatic rings. The van der Waals surface area contributed by atoms with E-state index in [1.807, 2.05) is 56.3 Å². The van der Waals surface area contributed by atoms with E-state index >= 15 is 0 Å². The smallest absolute Gasteiger partial charge is 0.415 e. The molecule has 0 bridgehead atoms. The summed E-state index contributed by atoms with van der Waals surface area (Å²) in [6.45, 7) is 3.95. The Kier molecular flexibility index (Phi) is 4.25. The molecule has 0 saturated heterocycles. The van der Waals surface area contributed by atoms with Gasteiger partial charge in [0, 0.05) is 6.42 Å². The van der Waals surface area contributed by atoms with Crippen LogP contribution in [0, 0.1) is 13.8 Å². The van der Waals surface area contributed by atoms with Gasteiger partial charge in [-0.15, -0.1) is 0 Å². The molecule has 0 fully saturated rings. The summed E-state index contributed by atoms with van der Waals surface area (Å²) in [7, 11) is 0. The molecule has 1 N–H and O–H groups in total. The topological polar surface area (TPSA) is 66.8 Å². The highest BCUT2D eigenvalue weighted by Crippen LogP contribution is 2.36. The zero-order valence-electron chi connectivity index (χ0n) is 13.7. The Bertz CT molecular complexity index is 785. The summed E-state index contributed by atoms with van der Waals surface area (Å²) in [6, 6.07) is 12.3. The van der Waals surface area contributed by atoms with Crippen LogP contribution in [0.15, 0.2) is 42.5 Å². The van der Waals surface area contributed by atoms with Crippen LogP contribution in [0.1, 0.15) is 22.3 Å². The van der Waals surface area contributed by atoms with Crippen LogP contribution in [-0.2, 0) is 22.6 Å². The van der Waals surface area contributed by atoms with E-state index in [9.17, 15) is 14.7 Å². The highest BCUT2D eigenvalue weighted by atomic mass is 16.6. The van der Waals surface area contributed by atoms with Crippen LogP contribution in [0.25, 0.3) is 0 Å². The first-order valence-electron chi connectivity index (χ1n) is 7.80. The van der Waals surface area contributed by atoms with E-state index < -0.39 is 18.1 Å². The summed E-state index contributed by atoms with van der Waals surface area (Å²) in [5, 5.41) is 9.50. The summed E-state index contributed by atoms with van der Waals surface area (Å²) in [5.41, 5.74) is 4.32. The first-order chi connectivity index (χ1) is 11.5. The number of hydrogen-bond donors (Lipinski definition) is 1. The zero-order valence-corrected chi connectivity index (χ0v) is 13.7. The van der Waals surface area contributed by atoms with Gasteiger partial charge in [-0.1, -0.05) is 48.0 Å². The van der Waals surface area contributed by atoms with E-state index in [1.54, 1.807) is 0 Å². The van der Waals surface area contributed by atoms with Gasteiger partial charge < -0.3 is 9.84 Å². The summed E-state index contributed by atoms with van der Waals surface area (Å²) in [4.78, 5) is 25.5. The maximum atomic E-state index is 12.6. The minimum atomic E-state index is -1.03. The van der Waals surface area contributed by atoms with E-state index in [2.05, 4.69) is 0 Å². The number of amides is 1. The second-order valence-electron chi connectivity index (χ2n) is 6.06. The van der Waals surface area contributed by atoms with Crippen molar-refractivity contribution in [2.75, 3.05) is 4.90 Å². The number of rotatable bonds is 3. The fourth-order valence-electron chi connectivity index (χ4n) is 3.21. The predicted octanol–water partition coefficient (Wildman–Crippen LogP) is 3.46. The number of hydrogen-bond acceptors (Lipinski definition) is 3. The highest BCUT2D eigenvalue weighted by Gasteiger charge is 2.40. The van der Waals surface area contributed by atoms with Gasteiger partial charge in [0.25, 0.3) is 0 Å². The molecule has 3 rings (SSSR count). The molecular weight excluding hydrogens is 306 g/mol. The van der Waals surface area contributed by atoms with Crippen molar-refractivity contribution in [2.45, 2.75) is 32.9 Å². The lowest BCUT2D eigenvalue weighted by Crippen LogP contribution is -2.43. The molecule has 0 aromatic heterocycles. The molecule has 1 amide bonds. The van der Waals surface area contributed by atoms with Crippen LogP contribution in [0.5, 0.6) is 0 Å². The predicted molar refractivity (Wildman–Crippen MR) is 90.1 cm³/mol. The van der Waals surface area contributed by atoms with Gasteiger partial charge in [-0.3, -0.25) is 4.90 Å². The molecule has 0 radical (unpaired) electrons. The van der Waals surface area contributed by atoms with E-state index in [-0.39, 0.29) is 6.61 Å². The number of fused-ring (bicyclic) bond motifs is 1. The number of benzene rings is 2. The summed E-state index contributed by atoms with van der Waals surface area (Å²) >= 11 is 0. The van der Waals surface area contributed by atoms with Crippen LogP contribution in [0.3, 0.4) is 0 Å². The van der Waals surface area contributed by atoms with Crippen molar-refractivity contribution in [1.82, 2.24) is 0 Å². The van der Waals surface area contributed by atoms with Gasteiger partial charge in [0.1, 0.15) is 12.6 Å². The highest BCUT2D eigenvalue weighted by molar-refractivity contribution is 5.99. The van der Waals surface area contributed by atoms with Crippen LogP contribution in [0.2, 0.25) is 0 Å². The van der Waals surface area contributed by atoms with Gasteiger partial charge in [-0.05, 0) is 30.5 Å². The van der Waals surface area contributed by atoms with Crippen LogP contribution < -0.4 is 4.90 Å². The molecule has 1 aliphatic heterocycles. The van der Waals surface area contributed by atoms with Crippen molar-refractivity contribution in [1.29, 1.82) is 0 Å². The normalized spacial score (nSPS) is 15.9. The standard InChI is InChI=1S/C19H19NO4/c1-12-8-13(2)17-15(9-12)10-16(18(21)22)20(17)19(23)24-11-14-6-4-3-5-7-14/h3-9,16H,10-11H2,1-2H3,(H,21,22). The van der Waals surface area contributed by atoms with Crippen molar-refractivity contribution in [3.8, 4) is 0 Å². The molecule has 0 spiro atoms. The number of aryl methyl sites for hydroxylation is 2. The average Bonchev–Trinajstić information content (AvgIpc) is 2.93. The molecule has 0 saturated carbocycles. The fourth-order valence-corrected chi connectivity index (χ4v) is 3.21. The first kappa shape index (κ1) is 16.1. The molecule has 1 atom stereocenters. The second kappa shape index (κ2) is 6.35. The number of aliphatic carboxylic acids is 1. The third-order valence-electron chi connectivity index (χ3n) is 4.18. The number of anilines is 1. The Labute approximate surface area is 140 Å². The van der Waals surface area contributed by atoms with Crippen LogP contribution in [0.4, 0.5) is 10.5 Å². The molecule has 124 valence electrons. The minimum absolute atomic E-state index is 0.114. The molecular formula is C19H19NO4. The van der Waals surface area contributed by atoms with Crippen molar-refractivity contribution >= 4 is 17.7 Å². The lowest BCUT2D eigenvalue weighted by Gasteiger charge is -2.23. The fraction of sp³-hybridized carbons (Fsp3) is 0.263. The summed E-state index contributed by atoms with van der Waals surface area (Å²) in [5.74, 6) is -1.03. The minimum Gasteiger partial charge on any atom is -0.480 e. The van der Waals surface area contributed by atoms with Gasteiger partial charge in [-0.2, -0.15) is 0 Å². The van der Waals surface area contributed by atoms with E-state index in [4.69, 9.17) is 4.74 Å². The summed E-state index contributed by atoms with van der Waals surface area (Å²) < 4.78 is 5.36. The van der Waals surface area contributed by atoms with E-state index in [1.165, 1.54) is 4.90 Å². The van der Waals surface area contributed by atoms with Crippen molar-refractivity contribution < 1.29 is 19.4 Å². The number of carbonyl (C=O) groups excluding carboxylic acids is 1. The van der Waals surface area contributed by atoms with Crippen molar-refractivity contribution in [3.05, 3.63) is 64.7 Å². The lowest BCUT2D eigenvalue weighted by molar-refractivity contribution is -0.138. The van der Waals surface area contributed by atoms with E-state index in [0.29, 0.717) is 12.1 Å². The van der Waals surface area contributed by atoms with Gasteiger partial charge in [0.05, 0.1) is 5.69 Å². The second-order valence-corrected chi connectivity index (χ2v) is 6.06. The van der Waals surface area contributed by atoms with Gasteiger partial charge in [0.15, 0.2) is 0 Å². The SMILES string of the molecule is Cc1cc(C)c2c(c1)CC(C(=O)O)N2C(=O)OCc1ccccc1. The van der Waals surface area contributed by atoms with Gasteiger partial charge in [0.2, 0.25) is 0 Å². The number of nitrogens with zero attached hydrogens (tertiary/aromatic N) is 1. The molecule has 1 heterocycles. The molecule has 2 aromatic rings. The van der Waals surface area contributed by atoms with Gasteiger partial charge >= 0.3 is 12.1 Å². The molecule has 0 aliphatic carbocycles. The molecule has 5 nitrogen and oxygen atoms in total. The number of carboxylic acid groups (broad SMARTS) is 1. The maximum absolute atomic E-state index is 12.6. The van der Waals surface area contributed by atoms with Crippen molar-refractivity contribution in [3.63, 3.8) is 0 Å². The van der Waals surface area contributed by atoms with E-state index in [0.717, 1.165) is 22.3 Å². The molecule has 1 unspecified atom stereocenters. The Morgan fingerprint density at radius 1 is 1.21 bits per heavy atom. The molecule has 24 heavy (non-hydrogen) atoms. The Balaban J connectivity index is 1.87. The number of carboxylic acids is 1. The summed E-state index contributed by atoms with van der Waals surface area (Å²) in [6.07, 6.45) is -0.329. The van der Waals surface area contributed by atoms with Crippen LogP contribution >= 0.6 is 0 Å². The quantitative estimate of drug-likeness (QED) is 0.938. The van der Waals surface area contributed by atoms with Crippen molar-refractivity contribution in [2.24, 2.45) is 0 Å². The van der Waals surface area contributed by atoms with Crippen LogP contribution in [-0.4, -0.2) is 23.2 Å². The number of carbonyl (C=O) groups is 2. The maximum Gasteiger partial charge on any atom is 0.415 e.